The smallest absolute Gasteiger partial charge is 0.312 e. The number of hydrogen-bond acceptors (Lipinski definition) is 7. The third kappa shape index (κ3) is 3.15. The lowest BCUT2D eigenvalue weighted by Gasteiger charge is -2.26. The van der Waals surface area contributed by atoms with Gasteiger partial charge in [0.15, 0.2) is 16.9 Å². The van der Waals surface area contributed by atoms with Crippen molar-refractivity contribution in [1.82, 2.24) is 0 Å². The average molecular weight is 430 g/mol. The number of ether oxygens (including phenoxy) is 2. The molecule has 0 amide bonds. The molecule has 5 rings (SSSR count). The highest BCUT2D eigenvalue weighted by Gasteiger charge is 2.33. The fraction of sp³-hybridized carbons (Fsp3) is 0.120. The second-order valence-corrected chi connectivity index (χ2v) is 7.51. The van der Waals surface area contributed by atoms with Crippen molar-refractivity contribution in [2.75, 3.05) is 7.11 Å². The molecule has 0 fully saturated rings. The maximum Gasteiger partial charge on any atom is 0.312 e. The molecule has 0 spiro atoms. The van der Waals surface area contributed by atoms with Crippen molar-refractivity contribution in [3.05, 3.63) is 82.0 Å². The number of benzene rings is 3. The fourth-order valence-corrected chi connectivity index (χ4v) is 4.11. The first-order valence-corrected chi connectivity index (χ1v) is 9.93. The molecule has 4 aromatic rings. The summed E-state index contributed by atoms with van der Waals surface area (Å²) in [6, 6.07) is 16.5. The van der Waals surface area contributed by atoms with Gasteiger partial charge in [0.05, 0.1) is 13.5 Å². The summed E-state index contributed by atoms with van der Waals surface area (Å²) in [5.41, 5.74) is 1.50. The molecule has 2 N–H and O–H groups in total. The van der Waals surface area contributed by atoms with Gasteiger partial charge >= 0.3 is 5.97 Å². The molecule has 1 atom stereocenters. The first kappa shape index (κ1) is 19.7. The first-order valence-electron chi connectivity index (χ1n) is 9.93. The Balaban J connectivity index is 1.80. The number of phenolic OH excluding ortho intramolecular Hbond substituents is 2. The maximum atomic E-state index is 13.0. The van der Waals surface area contributed by atoms with Gasteiger partial charge in [-0.05, 0) is 23.8 Å². The Kier molecular flexibility index (Phi) is 4.59. The van der Waals surface area contributed by atoms with Crippen LogP contribution in [0.3, 0.4) is 0 Å². The first-order chi connectivity index (χ1) is 15.5. The highest BCUT2D eigenvalue weighted by molar-refractivity contribution is 5.93. The summed E-state index contributed by atoms with van der Waals surface area (Å²) in [7, 11) is 1.44. The number of carbonyl (C=O) groups is 1. The van der Waals surface area contributed by atoms with Crippen LogP contribution in [0.4, 0.5) is 0 Å². The Bertz CT molecular complexity index is 1420. The van der Waals surface area contributed by atoms with E-state index in [9.17, 15) is 19.8 Å². The van der Waals surface area contributed by atoms with Crippen molar-refractivity contribution in [3.8, 4) is 34.3 Å². The van der Waals surface area contributed by atoms with Crippen LogP contribution in [0.1, 0.15) is 23.5 Å². The fourth-order valence-electron chi connectivity index (χ4n) is 4.11. The Morgan fingerprint density at radius 3 is 2.47 bits per heavy atom. The summed E-state index contributed by atoms with van der Waals surface area (Å²) in [4.78, 5) is 25.3. The molecule has 1 aliphatic heterocycles. The third-order valence-electron chi connectivity index (χ3n) is 5.59. The van der Waals surface area contributed by atoms with E-state index in [1.807, 2.05) is 30.3 Å². The van der Waals surface area contributed by atoms with Crippen LogP contribution in [0.15, 0.2) is 69.9 Å². The van der Waals surface area contributed by atoms with E-state index < -0.39 is 17.3 Å². The topological polar surface area (TPSA) is 106 Å². The Morgan fingerprint density at radius 1 is 0.969 bits per heavy atom. The molecule has 0 saturated carbocycles. The van der Waals surface area contributed by atoms with Crippen LogP contribution in [0.5, 0.6) is 23.0 Å². The Morgan fingerprint density at radius 2 is 1.75 bits per heavy atom. The zero-order valence-corrected chi connectivity index (χ0v) is 17.0. The van der Waals surface area contributed by atoms with Gasteiger partial charge in [-0.2, -0.15) is 0 Å². The van der Waals surface area contributed by atoms with Crippen molar-refractivity contribution in [1.29, 1.82) is 0 Å². The van der Waals surface area contributed by atoms with E-state index in [1.165, 1.54) is 25.3 Å². The monoisotopic (exact) mass is 430 g/mol. The van der Waals surface area contributed by atoms with E-state index in [0.29, 0.717) is 11.1 Å². The van der Waals surface area contributed by atoms with E-state index in [0.717, 1.165) is 5.56 Å². The SMILES string of the molecule is COc1ccc(-c2cc(=O)c3c(O)cc4c(c3o2)C(c2ccccc2)CC(=O)O4)cc1O. The lowest BCUT2D eigenvalue weighted by Crippen LogP contribution is -2.22. The van der Waals surface area contributed by atoms with E-state index >= 15 is 0 Å². The number of phenols is 2. The second kappa shape index (κ2) is 7.46. The molecule has 1 aliphatic rings. The number of rotatable bonds is 3. The van der Waals surface area contributed by atoms with Gasteiger partial charge in [-0.15, -0.1) is 0 Å². The largest absolute Gasteiger partial charge is 0.507 e. The van der Waals surface area contributed by atoms with Crippen LogP contribution < -0.4 is 14.9 Å². The van der Waals surface area contributed by atoms with Crippen LogP contribution in [-0.2, 0) is 4.79 Å². The van der Waals surface area contributed by atoms with E-state index in [2.05, 4.69) is 0 Å². The van der Waals surface area contributed by atoms with E-state index in [-0.39, 0.29) is 46.1 Å². The summed E-state index contributed by atoms with van der Waals surface area (Å²) in [5.74, 6) is -0.681. The minimum atomic E-state index is -0.458. The van der Waals surface area contributed by atoms with Crippen molar-refractivity contribution in [3.63, 3.8) is 0 Å². The molecule has 0 radical (unpaired) electrons. The molecule has 3 aromatic carbocycles. The summed E-state index contributed by atoms with van der Waals surface area (Å²) >= 11 is 0. The molecule has 0 bridgehead atoms. The van der Waals surface area contributed by atoms with Gasteiger partial charge < -0.3 is 24.1 Å². The minimum Gasteiger partial charge on any atom is -0.507 e. The number of hydrogen-bond donors (Lipinski definition) is 2. The van der Waals surface area contributed by atoms with E-state index in [1.54, 1.807) is 12.1 Å². The van der Waals surface area contributed by atoms with Crippen molar-refractivity contribution < 1.29 is 28.9 Å². The van der Waals surface area contributed by atoms with Gasteiger partial charge in [0.25, 0.3) is 0 Å². The number of methoxy groups -OCH3 is 1. The van der Waals surface area contributed by atoms with Crippen LogP contribution >= 0.6 is 0 Å². The standard InChI is InChI=1S/C25H18O7/c1-30-19-8-7-14(9-16(19)26)20-11-17(27)24-18(28)12-21-23(25(24)32-20)15(10-22(29)31-21)13-5-3-2-4-6-13/h2-9,11-12,15,26,28H,10H2,1H3. The molecule has 1 unspecified atom stereocenters. The van der Waals surface area contributed by atoms with Crippen molar-refractivity contribution >= 4 is 16.9 Å². The highest BCUT2D eigenvalue weighted by Crippen LogP contribution is 2.46. The molecule has 0 saturated heterocycles. The molecule has 2 heterocycles. The zero-order chi connectivity index (χ0) is 22.4. The molecular weight excluding hydrogens is 412 g/mol. The van der Waals surface area contributed by atoms with Crippen LogP contribution in [0.2, 0.25) is 0 Å². The lowest BCUT2D eigenvalue weighted by molar-refractivity contribution is -0.135. The Labute approximate surface area is 182 Å². The minimum absolute atomic E-state index is 0.00381. The maximum absolute atomic E-state index is 13.0. The summed E-state index contributed by atoms with van der Waals surface area (Å²) in [5, 5.41) is 20.7. The number of aromatic hydroxyl groups is 2. The number of esters is 1. The third-order valence-corrected chi connectivity index (χ3v) is 5.59. The van der Waals surface area contributed by atoms with Gasteiger partial charge in [0.1, 0.15) is 28.2 Å². The molecule has 160 valence electrons. The molecule has 7 heteroatoms. The van der Waals surface area contributed by atoms with Gasteiger partial charge in [0.2, 0.25) is 0 Å². The highest BCUT2D eigenvalue weighted by atomic mass is 16.5. The average Bonchev–Trinajstić information content (AvgIpc) is 2.78. The molecular formula is C25H18O7. The number of carbonyl (C=O) groups excluding carboxylic acids is 1. The quantitative estimate of drug-likeness (QED) is 0.368. The van der Waals surface area contributed by atoms with Crippen LogP contribution in [0, 0.1) is 0 Å². The second-order valence-electron chi connectivity index (χ2n) is 7.51. The molecule has 32 heavy (non-hydrogen) atoms. The zero-order valence-electron chi connectivity index (χ0n) is 17.0. The Hall–Kier alpha value is -4.26. The van der Waals surface area contributed by atoms with Crippen LogP contribution in [-0.4, -0.2) is 23.3 Å². The van der Waals surface area contributed by atoms with Gasteiger partial charge in [-0.1, -0.05) is 30.3 Å². The normalized spacial score (nSPS) is 15.3. The van der Waals surface area contributed by atoms with E-state index in [4.69, 9.17) is 13.9 Å². The van der Waals surface area contributed by atoms with Crippen LogP contribution in [0.25, 0.3) is 22.3 Å². The molecule has 0 aliphatic carbocycles. The predicted octanol–water partition coefficient (Wildman–Crippen LogP) is 4.32. The number of fused-ring (bicyclic) bond motifs is 3. The molecule has 7 nitrogen and oxygen atoms in total. The lowest BCUT2D eigenvalue weighted by atomic mass is 9.85. The van der Waals surface area contributed by atoms with Gasteiger partial charge in [0, 0.05) is 29.2 Å². The van der Waals surface area contributed by atoms with Crippen molar-refractivity contribution in [2.24, 2.45) is 0 Å². The summed E-state index contributed by atoms with van der Waals surface area (Å²) in [6.07, 6.45) is 0.0636. The molecule has 1 aromatic heterocycles. The van der Waals surface area contributed by atoms with Gasteiger partial charge in [-0.3, -0.25) is 9.59 Å². The summed E-state index contributed by atoms with van der Waals surface area (Å²) < 4.78 is 16.6. The van der Waals surface area contributed by atoms with Crippen molar-refractivity contribution in [2.45, 2.75) is 12.3 Å². The van der Waals surface area contributed by atoms with Gasteiger partial charge in [-0.25, -0.2) is 0 Å². The predicted molar refractivity (Wildman–Crippen MR) is 116 cm³/mol. The summed E-state index contributed by atoms with van der Waals surface area (Å²) in [6.45, 7) is 0.